The second kappa shape index (κ2) is 4.51. The van der Waals surface area contributed by atoms with Crippen molar-refractivity contribution in [2.75, 3.05) is 11.9 Å². The number of nitrogens with one attached hydrogen (secondary N) is 1. The maximum atomic E-state index is 8.66. The molecule has 0 heterocycles. The smallest absolute Gasteiger partial charge is 0.0992 e. The number of benzene rings is 1. The van der Waals surface area contributed by atoms with Crippen molar-refractivity contribution in [2.45, 2.75) is 13.8 Å². The van der Waals surface area contributed by atoms with Gasteiger partial charge in [-0.05, 0) is 24.1 Å². The molecule has 0 aliphatic heterocycles. The van der Waals surface area contributed by atoms with E-state index < -0.39 is 0 Å². The van der Waals surface area contributed by atoms with Crippen LogP contribution in [0.25, 0.3) is 0 Å². The number of nitriles is 1. The summed E-state index contributed by atoms with van der Waals surface area (Å²) in [7, 11) is 0. The molecule has 0 spiro atoms. The number of nitrogens with zero attached hydrogens (tertiary/aromatic N) is 1. The van der Waals surface area contributed by atoms with Crippen molar-refractivity contribution in [3.63, 3.8) is 0 Å². The zero-order valence-electron chi connectivity index (χ0n) is 8.04. The van der Waals surface area contributed by atoms with Crippen molar-refractivity contribution >= 4 is 5.69 Å². The van der Waals surface area contributed by atoms with E-state index in [1.807, 2.05) is 18.2 Å². The van der Waals surface area contributed by atoms with Crippen LogP contribution in [0.3, 0.4) is 0 Å². The van der Waals surface area contributed by atoms with Crippen LogP contribution in [-0.2, 0) is 0 Å². The molecule has 0 aliphatic carbocycles. The third-order valence-electron chi connectivity index (χ3n) is 1.71. The van der Waals surface area contributed by atoms with Crippen molar-refractivity contribution in [2.24, 2.45) is 5.92 Å². The first-order valence-electron chi connectivity index (χ1n) is 4.46. The van der Waals surface area contributed by atoms with Gasteiger partial charge in [-0.3, -0.25) is 0 Å². The topological polar surface area (TPSA) is 35.8 Å². The van der Waals surface area contributed by atoms with Gasteiger partial charge in [-0.2, -0.15) is 5.26 Å². The Labute approximate surface area is 79.2 Å². The van der Waals surface area contributed by atoms with E-state index in [0.29, 0.717) is 11.5 Å². The first kappa shape index (κ1) is 9.60. The highest BCUT2D eigenvalue weighted by molar-refractivity contribution is 5.48. The van der Waals surface area contributed by atoms with Gasteiger partial charge in [0.25, 0.3) is 0 Å². The SMILES string of the molecule is CC(C)CNc1cccc(C#N)c1. The van der Waals surface area contributed by atoms with Crippen LogP contribution in [0.1, 0.15) is 19.4 Å². The fourth-order valence-electron chi connectivity index (χ4n) is 1.02. The number of hydrogen-bond donors (Lipinski definition) is 1. The summed E-state index contributed by atoms with van der Waals surface area (Å²) in [5.74, 6) is 0.616. The molecule has 0 radical (unpaired) electrons. The van der Waals surface area contributed by atoms with Crippen molar-refractivity contribution in [1.82, 2.24) is 0 Å². The molecule has 0 aliphatic rings. The van der Waals surface area contributed by atoms with Gasteiger partial charge >= 0.3 is 0 Å². The van der Waals surface area contributed by atoms with Crippen LogP contribution in [0.2, 0.25) is 0 Å². The van der Waals surface area contributed by atoms with Crippen molar-refractivity contribution in [1.29, 1.82) is 5.26 Å². The minimum absolute atomic E-state index is 0.616. The Hall–Kier alpha value is -1.49. The van der Waals surface area contributed by atoms with Crippen molar-refractivity contribution in [3.8, 4) is 6.07 Å². The molecule has 0 saturated carbocycles. The Morgan fingerprint density at radius 3 is 2.85 bits per heavy atom. The third kappa shape index (κ3) is 3.16. The van der Waals surface area contributed by atoms with E-state index in [-0.39, 0.29) is 0 Å². The average molecular weight is 174 g/mol. The van der Waals surface area contributed by atoms with Gasteiger partial charge in [0.2, 0.25) is 0 Å². The lowest BCUT2D eigenvalue weighted by atomic mass is 10.2. The van der Waals surface area contributed by atoms with E-state index in [1.54, 1.807) is 6.07 Å². The quantitative estimate of drug-likeness (QED) is 0.764. The molecule has 0 aromatic heterocycles. The van der Waals surface area contributed by atoms with E-state index in [4.69, 9.17) is 5.26 Å². The summed E-state index contributed by atoms with van der Waals surface area (Å²) in [4.78, 5) is 0. The van der Waals surface area contributed by atoms with Crippen LogP contribution in [-0.4, -0.2) is 6.54 Å². The van der Waals surface area contributed by atoms with Crippen molar-refractivity contribution in [3.05, 3.63) is 29.8 Å². The molecule has 1 aromatic carbocycles. The Bertz CT molecular complexity index is 310. The average Bonchev–Trinajstić information content (AvgIpc) is 2.15. The van der Waals surface area contributed by atoms with E-state index in [9.17, 15) is 0 Å². The molecule has 0 saturated heterocycles. The molecule has 68 valence electrons. The van der Waals surface area contributed by atoms with Crippen LogP contribution in [0.15, 0.2) is 24.3 Å². The molecule has 0 amide bonds. The Morgan fingerprint density at radius 2 is 2.23 bits per heavy atom. The van der Waals surface area contributed by atoms with Gasteiger partial charge in [-0.1, -0.05) is 19.9 Å². The molecule has 0 unspecified atom stereocenters. The number of anilines is 1. The molecular weight excluding hydrogens is 160 g/mol. The molecule has 1 rings (SSSR count). The maximum absolute atomic E-state index is 8.66. The number of hydrogen-bond acceptors (Lipinski definition) is 2. The predicted molar refractivity (Wildman–Crippen MR) is 54.5 cm³/mol. The molecule has 0 fully saturated rings. The van der Waals surface area contributed by atoms with Gasteiger partial charge < -0.3 is 5.32 Å². The molecule has 2 nitrogen and oxygen atoms in total. The molecular formula is C11H14N2. The van der Waals surface area contributed by atoms with E-state index in [0.717, 1.165) is 12.2 Å². The summed E-state index contributed by atoms with van der Waals surface area (Å²) in [5, 5.41) is 11.9. The lowest BCUT2D eigenvalue weighted by Gasteiger charge is -2.08. The van der Waals surface area contributed by atoms with Gasteiger partial charge in [0.05, 0.1) is 11.6 Å². The zero-order chi connectivity index (χ0) is 9.68. The summed E-state index contributed by atoms with van der Waals surface area (Å²) in [5.41, 5.74) is 1.72. The van der Waals surface area contributed by atoms with Gasteiger partial charge in [-0.15, -0.1) is 0 Å². The summed E-state index contributed by atoms with van der Waals surface area (Å²) in [6.07, 6.45) is 0. The third-order valence-corrected chi connectivity index (χ3v) is 1.71. The van der Waals surface area contributed by atoms with E-state index in [2.05, 4.69) is 25.2 Å². The lowest BCUT2D eigenvalue weighted by molar-refractivity contribution is 0.689. The molecule has 1 N–H and O–H groups in total. The fourth-order valence-corrected chi connectivity index (χ4v) is 1.02. The van der Waals surface area contributed by atoms with Crippen LogP contribution < -0.4 is 5.32 Å². The summed E-state index contributed by atoms with van der Waals surface area (Å²) in [6.45, 7) is 5.25. The summed E-state index contributed by atoms with van der Waals surface area (Å²) < 4.78 is 0. The van der Waals surface area contributed by atoms with Gasteiger partial charge in [0.1, 0.15) is 0 Å². The van der Waals surface area contributed by atoms with Crippen LogP contribution in [0.5, 0.6) is 0 Å². The van der Waals surface area contributed by atoms with E-state index >= 15 is 0 Å². The Kier molecular flexibility index (Phi) is 3.33. The lowest BCUT2D eigenvalue weighted by Crippen LogP contribution is -2.07. The molecule has 0 atom stereocenters. The highest BCUT2D eigenvalue weighted by Crippen LogP contribution is 2.10. The second-order valence-electron chi connectivity index (χ2n) is 3.47. The Morgan fingerprint density at radius 1 is 1.46 bits per heavy atom. The van der Waals surface area contributed by atoms with Crippen LogP contribution in [0.4, 0.5) is 5.69 Å². The summed E-state index contributed by atoms with van der Waals surface area (Å²) in [6, 6.07) is 9.65. The fraction of sp³-hybridized carbons (Fsp3) is 0.364. The largest absolute Gasteiger partial charge is 0.385 e. The van der Waals surface area contributed by atoms with Crippen LogP contribution >= 0.6 is 0 Å². The standard InChI is InChI=1S/C11H14N2/c1-9(2)8-13-11-5-3-4-10(6-11)7-12/h3-6,9,13H,8H2,1-2H3. The maximum Gasteiger partial charge on any atom is 0.0992 e. The monoisotopic (exact) mass is 174 g/mol. The Balaban J connectivity index is 2.63. The highest BCUT2D eigenvalue weighted by atomic mass is 14.9. The second-order valence-corrected chi connectivity index (χ2v) is 3.47. The van der Waals surface area contributed by atoms with E-state index in [1.165, 1.54) is 0 Å². The van der Waals surface area contributed by atoms with Gasteiger partial charge in [0.15, 0.2) is 0 Å². The molecule has 2 heteroatoms. The van der Waals surface area contributed by atoms with Crippen molar-refractivity contribution < 1.29 is 0 Å². The molecule has 13 heavy (non-hydrogen) atoms. The minimum atomic E-state index is 0.616. The highest BCUT2D eigenvalue weighted by Gasteiger charge is 1.95. The van der Waals surface area contributed by atoms with Crippen LogP contribution in [0, 0.1) is 17.2 Å². The number of rotatable bonds is 3. The first-order valence-corrected chi connectivity index (χ1v) is 4.46. The normalized spacial score (nSPS) is 9.69. The minimum Gasteiger partial charge on any atom is -0.385 e. The van der Waals surface area contributed by atoms with Gasteiger partial charge in [0, 0.05) is 12.2 Å². The van der Waals surface area contributed by atoms with Gasteiger partial charge in [-0.25, -0.2) is 0 Å². The molecule has 1 aromatic rings. The summed E-state index contributed by atoms with van der Waals surface area (Å²) >= 11 is 0. The zero-order valence-corrected chi connectivity index (χ0v) is 8.04. The first-order chi connectivity index (χ1) is 6.22. The molecule has 0 bridgehead atoms. The predicted octanol–water partition coefficient (Wildman–Crippen LogP) is 2.63.